The van der Waals surface area contributed by atoms with E-state index in [1.807, 2.05) is 0 Å². The molecule has 2 N–H and O–H groups in total. The van der Waals surface area contributed by atoms with Crippen molar-refractivity contribution in [1.29, 1.82) is 0 Å². The van der Waals surface area contributed by atoms with Crippen LogP contribution in [0, 0.1) is 5.82 Å². The lowest BCUT2D eigenvalue weighted by Crippen LogP contribution is -2.21. The van der Waals surface area contributed by atoms with E-state index in [4.69, 9.17) is 4.74 Å². The Labute approximate surface area is 163 Å². The number of benzene rings is 2. The number of halogens is 4. The first-order valence-corrected chi connectivity index (χ1v) is 8.03. The molecule has 0 heterocycles. The molecule has 0 aliphatic carbocycles. The number of hydrogen-bond acceptors (Lipinski definition) is 4. The molecule has 0 saturated carbocycles. The van der Waals surface area contributed by atoms with Crippen LogP contribution in [0.3, 0.4) is 0 Å². The fraction of sp³-hybridized carbons (Fsp3) is 0.158. The molecular formula is C19H16F4N2O4. The molecule has 0 bridgehead atoms. The van der Waals surface area contributed by atoms with Crippen molar-refractivity contribution in [3.05, 3.63) is 59.4 Å². The molecule has 0 aliphatic heterocycles. The van der Waals surface area contributed by atoms with Gasteiger partial charge in [0, 0.05) is 11.6 Å². The van der Waals surface area contributed by atoms with Gasteiger partial charge in [0.1, 0.15) is 11.6 Å². The van der Waals surface area contributed by atoms with Crippen LogP contribution in [0.15, 0.2) is 42.5 Å². The molecule has 2 rings (SSSR count). The number of amides is 2. The Bertz CT molecular complexity index is 942. The highest BCUT2D eigenvalue weighted by Gasteiger charge is 2.31. The molecule has 10 heteroatoms. The molecule has 0 aliphatic rings. The molecule has 0 atom stereocenters. The Morgan fingerprint density at radius 1 is 1.03 bits per heavy atom. The summed E-state index contributed by atoms with van der Waals surface area (Å²) in [5.74, 6) is -1.48. The summed E-state index contributed by atoms with van der Waals surface area (Å²) in [6.45, 7) is 0. The normalized spacial score (nSPS) is 11.2. The number of nitrogens with one attached hydrogen (secondary N) is 2. The molecule has 0 spiro atoms. The van der Waals surface area contributed by atoms with Crippen LogP contribution in [0.5, 0.6) is 5.75 Å². The largest absolute Gasteiger partial charge is 0.495 e. The lowest BCUT2D eigenvalue weighted by molar-refractivity contribution is -0.137. The fourth-order valence-corrected chi connectivity index (χ4v) is 2.29. The molecule has 0 fully saturated rings. The second kappa shape index (κ2) is 9.09. The highest BCUT2D eigenvalue weighted by molar-refractivity contribution is 6.02. The summed E-state index contributed by atoms with van der Waals surface area (Å²) >= 11 is 0. The molecule has 154 valence electrons. The van der Waals surface area contributed by atoms with Crippen LogP contribution >= 0.6 is 0 Å². The minimum atomic E-state index is -4.62. The number of hydrogen-bond donors (Lipinski definition) is 2. The van der Waals surface area contributed by atoms with Gasteiger partial charge in [-0.1, -0.05) is 6.07 Å². The first-order valence-electron chi connectivity index (χ1n) is 8.03. The molecule has 29 heavy (non-hydrogen) atoms. The van der Waals surface area contributed by atoms with Gasteiger partial charge in [0.15, 0.2) is 0 Å². The van der Waals surface area contributed by atoms with Gasteiger partial charge in [-0.2, -0.15) is 13.2 Å². The van der Waals surface area contributed by atoms with Crippen LogP contribution in [0.25, 0.3) is 6.08 Å². The molecule has 2 aromatic carbocycles. The maximum absolute atomic E-state index is 14.1. The number of methoxy groups -OCH3 is 2. The average molecular weight is 412 g/mol. The number of ether oxygens (including phenoxy) is 2. The predicted molar refractivity (Wildman–Crippen MR) is 98.1 cm³/mol. The van der Waals surface area contributed by atoms with Gasteiger partial charge < -0.3 is 20.1 Å². The zero-order valence-electron chi connectivity index (χ0n) is 15.3. The predicted octanol–water partition coefficient (Wildman–Crippen LogP) is 4.68. The average Bonchev–Trinajstić information content (AvgIpc) is 2.66. The Morgan fingerprint density at radius 2 is 1.72 bits per heavy atom. The van der Waals surface area contributed by atoms with Gasteiger partial charge in [-0.25, -0.2) is 14.0 Å². The highest BCUT2D eigenvalue weighted by atomic mass is 19.4. The van der Waals surface area contributed by atoms with Crippen molar-refractivity contribution in [2.24, 2.45) is 0 Å². The van der Waals surface area contributed by atoms with Gasteiger partial charge >= 0.3 is 18.2 Å². The fourth-order valence-electron chi connectivity index (χ4n) is 2.29. The lowest BCUT2D eigenvalue weighted by Gasteiger charge is -2.15. The van der Waals surface area contributed by atoms with Gasteiger partial charge in [0.25, 0.3) is 0 Å². The van der Waals surface area contributed by atoms with Gasteiger partial charge in [-0.3, -0.25) is 0 Å². The molecule has 0 aromatic heterocycles. The number of rotatable bonds is 5. The first-order chi connectivity index (χ1) is 13.7. The summed E-state index contributed by atoms with van der Waals surface area (Å²) in [7, 11) is 2.37. The summed E-state index contributed by atoms with van der Waals surface area (Å²) in [6, 6.07) is 5.41. The summed E-state index contributed by atoms with van der Waals surface area (Å²) in [5.41, 5.74) is -1.36. The highest BCUT2D eigenvalue weighted by Crippen LogP contribution is 2.35. The van der Waals surface area contributed by atoms with Crippen molar-refractivity contribution in [2.75, 3.05) is 24.9 Å². The quantitative estimate of drug-likeness (QED) is 0.425. The van der Waals surface area contributed by atoms with E-state index < -0.39 is 29.6 Å². The van der Waals surface area contributed by atoms with E-state index in [0.717, 1.165) is 37.5 Å². The molecule has 2 aromatic rings. The van der Waals surface area contributed by atoms with Crippen molar-refractivity contribution in [3.63, 3.8) is 0 Å². The third kappa shape index (κ3) is 5.71. The molecule has 0 unspecified atom stereocenters. The Kier molecular flexibility index (Phi) is 6.81. The van der Waals surface area contributed by atoms with Crippen molar-refractivity contribution < 1.29 is 36.6 Å². The number of anilines is 2. The van der Waals surface area contributed by atoms with Crippen LogP contribution in [0.2, 0.25) is 0 Å². The van der Waals surface area contributed by atoms with Gasteiger partial charge in [-0.15, -0.1) is 0 Å². The molecule has 2 amide bonds. The van der Waals surface area contributed by atoms with Crippen molar-refractivity contribution in [3.8, 4) is 5.75 Å². The number of alkyl halides is 3. The van der Waals surface area contributed by atoms with E-state index in [1.165, 1.54) is 19.2 Å². The third-order valence-electron chi connectivity index (χ3n) is 3.66. The SMILES string of the molecule is COC(=O)/C=C/c1c(F)cccc1NC(=O)Nc1cc(C(F)(F)F)ccc1OC. The Balaban J connectivity index is 2.27. The standard InChI is InChI=1S/C19H16F4N2O4/c1-28-16-8-6-11(19(21,22)23)10-15(16)25-18(27)24-14-5-3-4-13(20)12(14)7-9-17(26)29-2/h3-10H,1-2H3,(H2,24,25,27)/b9-7+. The number of carbonyl (C=O) groups is 2. The summed E-state index contributed by atoms with van der Waals surface area (Å²) in [4.78, 5) is 23.5. The smallest absolute Gasteiger partial charge is 0.416 e. The van der Waals surface area contributed by atoms with Crippen LogP contribution in [-0.2, 0) is 15.7 Å². The minimum absolute atomic E-state index is 0.00166. The topological polar surface area (TPSA) is 76.7 Å². The Hall–Kier alpha value is -3.56. The summed E-state index contributed by atoms with van der Waals surface area (Å²) in [5, 5.41) is 4.55. The zero-order valence-corrected chi connectivity index (χ0v) is 15.3. The van der Waals surface area contributed by atoms with Gasteiger partial charge in [-0.05, 0) is 36.4 Å². The van der Waals surface area contributed by atoms with Crippen LogP contribution in [0.4, 0.5) is 33.7 Å². The van der Waals surface area contributed by atoms with Crippen LogP contribution < -0.4 is 15.4 Å². The van der Waals surface area contributed by atoms with Crippen molar-refractivity contribution >= 4 is 29.5 Å². The number of urea groups is 1. The van der Waals surface area contributed by atoms with Crippen LogP contribution in [-0.4, -0.2) is 26.2 Å². The maximum atomic E-state index is 14.1. The van der Waals surface area contributed by atoms with E-state index in [1.54, 1.807) is 0 Å². The van der Waals surface area contributed by atoms with Crippen molar-refractivity contribution in [2.45, 2.75) is 6.18 Å². The van der Waals surface area contributed by atoms with E-state index in [9.17, 15) is 27.2 Å². The molecular weight excluding hydrogens is 396 g/mol. The van der Waals surface area contributed by atoms with Gasteiger partial charge in [0.2, 0.25) is 0 Å². The first kappa shape index (κ1) is 21.7. The van der Waals surface area contributed by atoms with Crippen molar-refractivity contribution in [1.82, 2.24) is 0 Å². The minimum Gasteiger partial charge on any atom is -0.495 e. The monoisotopic (exact) mass is 412 g/mol. The van der Waals surface area contributed by atoms with E-state index in [0.29, 0.717) is 6.07 Å². The van der Waals surface area contributed by atoms with E-state index >= 15 is 0 Å². The third-order valence-corrected chi connectivity index (χ3v) is 3.66. The van der Waals surface area contributed by atoms with Gasteiger partial charge in [0.05, 0.1) is 31.2 Å². The lowest BCUT2D eigenvalue weighted by atomic mass is 10.1. The Morgan fingerprint density at radius 3 is 2.34 bits per heavy atom. The zero-order chi connectivity index (χ0) is 21.6. The molecule has 0 saturated heterocycles. The summed E-state index contributed by atoms with van der Waals surface area (Å²) < 4.78 is 62.2. The second-order valence-corrected chi connectivity index (χ2v) is 5.55. The number of carbonyl (C=O) groups excluding carboxylic acids is 2. The van der Waals surface area contributed by atoms with E-state index in [-0.39, 0.29) is 22.7 Å². The van der Waals surface area contributed by atoms with Crippen LogP contribution in [0.1, 0.15) is 11.1 Å². The maximum Gasteiger partial charge on any atom is 0.416 e. The molecule has 6 nitrogen and oxygen atoms in total. The van der Waals surface area contributed by atoms with E-state index in [2.05, 4.69) is 15.4 Å². The summed E-state index contributed by atoms with van der Waals surface area (Å²) in [6.07, 6.45) is -2.56. The second-order valence-electron chi connectivity index (χ2n) is 5.55. The molecule has 0 radical (unpaired) electrons. The number of esters is 1.